The van der Waals surface area contributed by atoms with Crippen LogP contribution in [0.25, 0.3) is 0 Å². The van der Waals surface area contributed by atoms with Crippen LogP contribution in [0.4, 0.5) is 5.82 Å². The Morgan fingerprint density at radius 1 is 1.37 bits per heavy atom. The van der Waals surface area contributed by atoms with Crippen LogP contribution in [0.15, 0.2) is 17.4 Å². The van der Waals surface area contributed by atoms with Crippen molar-refractivity contribution in [1.82, 2.24) is 14.9 Å². The molecule has 1 aromatic heterocycles. The van der Waals surface area contributed by atoms with E-state index in [0.29, 0.717) is 5.91 Å². The molecule has 0 aliphatic carbocycles. The maximum absolute atomic E-state index is 12.2. The summed E-state index contributed by atoms with van der Waals surface area (Å²) in [6.07, 6.45) is 6.06. The first-order chi connectivity index (χ1) is 9.28. The molecule has 2 aliphatic heterocycles. The average molecular weight is 278 g/mol. The summed E-state index contributed by atoms with van der Waals surface area (Å²) in [5.41, 5.74) is 0. The molecule has 6 heteroatoms. The van der Waals surface area contributed by atoms with Crippen LogP contribution in [-0.4, -0.2) is 53.2 Å². The number of thioether (sulfide) groups is 1. The molecule has 3 rings (SSSR count). The Balaban J connectivity index is 1.58. The van der Waals surface area contributed by atoms with Crippen LogP contribution in [0, 0.1) is 5.92 Å². The first-order valence-electron chi connectivity index (χ1n) is 6.68. The monoisotopic (exact) mass is 278 g/mol. The topological polar surface area (TPSA) is 49.3 Å². The standard InChI is InChI=1S/C13H18N4OS/c1-19-13-14-5-4-11(15-13)17-8-10(9-17)12(18)16-6-2-3-7-16/h4-5,10H,2-3,6-9H2,1H3. The van der Waals surface area contributed by atoms with Crippen LogP contribution in [-0.2, 0) is 4.79 Å². The molecule has 0 atom stereocenters. The predicted molar refractivity (Wildman–Crippen MR) is 75.3 cm³/mol. The summed E-state index contributed by atoms with van der Waals surface area (Å²) < 4.78 is 0. The second-order valence-electron chi connectivity index (χ2n) is 5.04. The van der Waals surface area contributed by atoms with Gasteiger partial charge in [-0.3, -0.25) is 4.79 Å². The van der Waals surface area contributed by atoms with Crippen molar-refractivity contribution < 1.29 is 4.79 Å². The lowest BCUT2D eigenvalue weighted by molar-refractivity contribution is -0.135. The summed E-state index contributed by atoms with van der Waals surface area (Å²) in [5.74, 6) is 1.42. The van der Waals surface area contributed by atoms with E-state index in [0.717, 1.165) is 50.0 Å². The summed E-state index contributed by atoms with van der Waals surface area (Å²) in [6, 6.07) is 1.91. The highest BCUT2D eigenvalue weighted by Gasteiger charge is 2.36. The predicted octanol–water partition coefficient (Wildman–Crippen LogP) is 1.26. The summed E-state index contributed by atoms with van der Waals surface area (Å²) in [5, 5.41) is 0.784. The molecule has 0 radical (unpaired) electrons. The molecule has 3 heterocycles. The lowest BCUT2D eigenvalue weighted by Gasteiger charge is -2.40. The molecule has 5 nitrogen and oxygen atoms in total. The number of hydrogen-bond acceptors (Lipinski definition) is 5. The molecule has 2 fully saturated rings. The minimum Gasteiger partial charge on any atom is -0.355 e. The third-order valence-corrected chi connectivity index (χ3v) is 4.34. The Morgan fingerprint density at radius 2 is 2.11 bits per heavy atom. The van der Waals surface area contributed by atoms with Gasteiger partial charge in [-0.15, -0.1) is 0 Å². The van der Waals surface area contributed by atoms with E-state index < -0.39 is 0 Å². The van der Waals surface area contributed by atoms with Crippen LogP contribution in [0.5, 0.6) is 0 Å². The van der Waals surface area contributed by atoms with Gasteiger partial charge in [-0.05, 0) is 25.2 Å². The van der Waals surface area contributed by atoms with Gasteiger partial charge in [-0.1, -0.05) is 11.8 Å². The average Bonchev–Trinajstić information content (AvgIpc) is 2.91. The molecule has 0 unspecified atom stereocenters. The van der Waals surface area contributed by atoms with Crippen molar-refractivity contribution in [2.45, 2.75) is 18.0 Å². The van der Waals surface area contributed by atoms with Gasteiger partial charge in [0.1, 0.15) is 5.82 Å². The van der Waals surface area contributed by atoms with Crippen LogP contribution >= 0.6 is 11.8 Å². The number of carbonyl (C=O) groups is 1. The maximum atomic E-state index is 12.2. The van der Waals surface area contributed by atoms with E-state index in [9.17, 15) is 4.79 Å². The van der Waals surface area contributed by atoms with E-state index in [-0.39, 0.29) is 5.92 Å². The molecule has 1 amide bonds. The number of rotatable bonds is 3. The molecule has 0 N–H and O–H groups in total. The SMILES string of the molecule is CSc1nccc(N2CC(C(=O)N3CCCC3)C2)n1. The third-order valence-electron chi connectivity index (χ3n) is 3.77. The molecule has 19 heavy (non-hydrogen) atoms. The second kappa shape index (κ2) is 5.36. The van der Waals surface area contributed by atoms with Gasteiger partial charge in [0, 0.05) is 32.4 Å². The minimum atomic E-state index is 0.158. The van der Waals surface area contributed by atoms with Crippen molar-refractivity contribution >= 4 is 23.5 Å². The number of aromatic nitrogens is 2. The first kappa shape index (κ1) is 12.7. The molecule has 0 spiro atoms. The van der Waals surface area contributed by atoms with E-state index in [1.165, 1.54) is 11.8 Å². The van der Waals surface area contributed by atoms with Gasteiger partial charge in [-0.25, -0.2) is 9.97 Å². The lowest BCUT2D eigenvalue weighted by atomic mass is 9.98. The summed E-state index contributed by atoms with van der Waals surface area (Å²) in [6.45, 7) is 3.47. The zero-order valence-corrected chi connectivity index (χ0v) is 11.9. The zero-order valence-electron chi connectivity index (χ0n) is 11.1. The largest absolute Gasteiger partial charge is 0.355 e. The molecule has 102 valence electrons. The number of hydrogen-bond donors (Lipinski definition) is 0. The number of likely N-dealkylation sites (tertiary alicyclic amines) is 1. The molecule has 1 aromatic rings. The fourth-order valence-corrected chi connectivity index (χ4v) is 2.97. The quantitative estimate of drug-likeness (QED) is 0.615. The van der Waals surface area contributed by atoms with Crippen molar-refractivity contribution in [2.75, 3.05) is 37.3 Å². The molecular formula is C13H18N4OS. The summed E-state index contributed by atoms with van der Waals surface area (Å²) in [7, 11) is 0. The van der Waals surface area contributed by atoms with E-state index in [4.69, 9.17) is 0 Å². The van der Waals surface area contributed by atoms with Gasteiger partial charge in [0.2, 0.25) is 5.91 Å². The number of anilines is 1. The first-order valence-corrected chi connectivity index (χ1v) is 7.91. The Bertz CT molecular complexity index is 469. The van der Waals surface area contributed by atoms with Gasteiger partial charge < -0.3 is 9.80 Å². The van der Waals surface area contributed by atoms with Gasteiger partial charge in [0.05, 0.1) is 5.92 Å². The highest BCUT2D eigenvalue weighted by molar-refractivity contribution is 7.98. The van der Waals surface area contributed by atoms with Crippen molar-refractivity contribution in [2.24, 2.45) is 5.92 Å². The van der Waals surface area contributed by atoms with Crippen LogP contribution in [0.3, 0.4) is 0 Å². The highest BCUT2D eigenvalue weighted by Crippen LogP contribution is 2.26. The van der Waals surface area contributed by atoms with E-state index in [1.54, 1.807) is 6.20 Å². The van der Waals surface area contributed by atoms with Gasteiger partial charge in [0.15, 0.2) is 5.16 Å². The smallest absolute Gasteiger partial charge is 0.229 e. The fraction of sp³-hybridized carbons (Fsp3) is 0.615. The fourth-order valence-electron chi connectivity index (χ4n) is 2.62. The van der Waals surface area contributed by atoms with Crippen LogP contribution < -0.4 is 4.90 Å². The van der Waals surface area contributed by atoms with Crippen molar-refractivity contribution in [3.05, 3.63) is 12.3 Å². The van der Waals surface area contributed by atoms with Gasteiger partial charge in [-0.2, -0.15) is 0 Å². The van der Waals surface area contributed by atoms with E-state index in [1.807, 2.05) is 17.2 Å². The highest BCUT2D eigenvalue weighted by atomic mass is 32.2. The van der Waals surface area contributed by atoms with Crippen molar-refractivity contribution in [1.29, 1.82) is 0 Å². The molecule has 2 aliphatic rings. The van der Waals surface area contributed by atoms with Crippen molar-refractivity contribution in [3.63, 3.8) is 0 Å². The number of nitrogens with zero attached hydrogens (tertiary/aromatic N) is 4. The van der Waals surface area contributed by atoms with Crippen LogP contribution in [0.1, 0.15) is 12.8 Å². The zero-order chi connectivity index (χ0) is 13.2. The molecule has 0 saturated carbocycles. The maximum Gasteiger partial charge on any atom is 0.229 e. The minimum absolute atomic E-state index is 0.158. The Kier molecular flexibility index (Phi) is 3.59. The number of amides is 1. The normalized spacial score (nSPS) is 19.6. The van der Waals surface area contributed by atoms with Crippen molar-refractivity contribution in [3.8, 4) is 0 Å². The Labute approximate surface area is 117 Å². The molecule has 0 bridgehead atoms. The van der Waals surface area contributed by atoms with Gasteiger partial charge in [0.25, 0.3) is 0 Å². The molecule has 0 aromatic carbocycles. The second-order valence-corrected chi connectivity index (χ2v) is 5.81. The Morgan fingerprint density at radius 3 is 2.79 bits per heavy atom. The van der Waals surface area contributed by atoms with Crippen LogP contribution in [0.2, 0.25) is 0 Å². The lowest BCUT2D eigenvalue weighted by Crippen LogP contribution is -2.54. The summed E-state index contributed by atoms with van der Waals surface area (Å²) in [4.78, 5) is 25.0. The van der Waals surface area contributed by atoms with Gasteiger partial charge >= 0.3 is 0 Å². The third kappa shape index (κ3) is 2.54. The number of carbonyl (C=O) groups excluding carboxylic acids is 1. The van der Waals surface area contributed by atoms with E-state index >= 15 is 0 Å². The Hall–Kier alpha value is -1.30. The molecule has 2 saturated heterocycles. The van der Waals surface area contributed by atoms with E-state index in [2.05, 4.69) is 14.9 Å². The summed E-state index contributed by atoms with van der Waals surface area (Å²) >= 11 is 1.54. The molecular weight excluding hydrogens is 260 g/mol.